The first kappa shape index (κ1) is 16.2. The molecule has 0 saturated carbocycles. The maximum Gasteiger partial charge on any atom is 0.163 e. The number of aromatic nitrogens is 1. The van der Waals surface area contributed by atoms with Crippen LogP contribution in [0, 0.1) is 0 Å². The third-order valence-electron chi connectivity index (χ3n) is 4.72. The lowest BCUT2D eigenvalue weighted by atomic mass is 9.83. The van der Waals surface area contributed by atoms with Gasteiger partial charge in [-0.2, -0.15) is 0 Å². The fraction of sp³-hybridized carbons (Fsp3) is 0.316. The van der Waals surface area contributed by atoms with Crippen molar-refractivity contribution in [3.63, 3.8) is 0 Å². The summed E-state index contributed by atoms with van der Waals surface area (Å²) in [5.74, 6) is 0.487. The maximum absolute atomic E-state index is 13.5. The van der Waals surface area contributed by atoms with Crippen molar-refractivity contribution in [3.05, 3.63) is 63.9 Å². The fourth-order valence-electron chi connectivity index (χ4n) is 3.51. The molecular weight excluding hydrogens is 341 g/mol. The normalized spacial score (nSPS) is 23.8. The number of halogens is 2. The van der Waals surface area contributed by atoms with Gasteiger partial charge in [0, 0.05) is 35.3 Å². The van der Waals surface area contributed by atoms with Crippen molar-refractivity contribution in [3.8, 4) is 0 Å². The quantitative estimate of drug-likeness (QED) is 0.872. The smallest absolute Gasteiger partial charge is 0.163 e. The van der Waals surface area contributed by atoms with Crippen LogP contribution in [0.4, 0.5) is 4.39 Å². The van der Waals surface area contributed by atoms with Crippen LogP contribution < -0.4 is 5.32 Å². The lowest BCUT2D eigenvalue weighted by Gasteiger charge is -2.32. The van der Waals surface area contributed by atoms with Crippen molar-refractivity contribution in [2.75, 3.05) is 0 Å². The van der Waals surface area contributed by atoms with E-state index in [-0.39, 0.29) is 11.6 Å². The number of allylic oxidation sites excluding steroid dienone is 4. The lowest BCUT2D eigenvalue weighted by molar-refractivity contribution is -0.116. The van der Waals surface area contributed by atoms with Gasteiger partial charge in [0.05, 0.1) is 0 Å². The third kappa shape index (κ3) is 3.04. The summed E-state index contributed by atoms with van der Waals surface area (Å²) in [5.41, 5.74) is 3.09. The molecule has 1 unspecified atom stereocenters. The first-order valence-electron chi connectivity index (χ1n) is 8.40. The Morgan fingerprint density at radius 2 is 2.08 bits per heavy atom. The summed E-state index contributed by atoms with van der Waals surface area (Å²) in [6.07, 6.45) is 5.92. The number of amidine groups is 1. The molecule has 2 heterocycles. The molecule has 1 aromatic rings. The Bertz CT molecular complexity index is 855. The van der Waals surface area contributed by atoms with Gasteiger partial charge in [-0.25, -0.2) is 4.39 Å². The molecule has 3 aliphatic rings. The predicted molar refractivity (Wildman–Crippen MR) is 94.9 cm³/mol. The van der Waals surface area contributed by atoms with Crippen LogP contribution in [0.2, 0.25) is 0 Å². The Hall–Kier alpha value is -2.27. The average molecular weight is 358 g/mol. The number of carbonyl (C=O) groups is 1. The first-order valence-corrected chi connectivity index (χ1v) is 8.78. The molecule has 1 atom stereocenters. The Morgan fingerprint density at radius 3 is 2.84 bits per heavy atom. The Morgan fingerprint density at radius 1 is 1.20 bits per heavy atom. The molecule has 25 heavy (non-hydrogen) atoms. The van der Waals surface area contributed by atoms with Crippen LogP contribution in [0.25, 0.3) is 0 Å². The van der Waals surface area contributed by atoms with Gasteiger partial charge >= 0.3 is 0 Å². The zero-order valence-electron chi connectivity index (χ0n) is 13.6. The summed E-state index contributed by atoms with van der Waals surface area (Å²) in [6.45, 7) is 0. The number of hydrogen-bond acceptors (Lipinski definition) is 4. The second-order valence-electron chi connectivity index (χ2n) is 6.35. The molecule has 128 valence electrons. The highest BCUT2D eigenvalue weighted by Gasteiger charge is 2.35. The molecule has 6 heteroatoms. The van der Waals surface area contributed by atoms with Crippen LogP contribution in [0.3, 0.4) is 0 Å². The molecule has 2 aliphatic carbocycles. The monoisotopic (exact) mass is 357 g/mol. The highest BCUT2D eigenvalue weighted by Crippen LogP contribution is 2.37. The standard InChI is InChI=1S/C19H17ClFN3O/c20-13-10-11(21)7-8-12(13)18-17-14(5-3-6-16(17)25)23-19(24-18)15-4-1-2-9-22-15/h1-2,4,9-10,18H,3,5-8H2,(H,23,24). The predicted octanol–water partition coefficient (Wildman–Crippen LogP) is 3.95. The summed E-state index contributed by atoms with van der Waals surface area (Å²) in [5, 5.41) is 3.64. The lowest BCUT2D eigenvalue weighted by Crippen LogP contribution is -2.39. The highest BCUT2D eigenvalue weighted by molar-refractivity contribution is 6.32. The Balaban J connectivity index is 1.83. The van der Waals surface area contributed by atoms with E-state index in [0.717, 1.165) is 24.1 Å². The van der Waals surface area contributed by atoms with Gasteiger partial charge in [0.15, 0.2) is 11.6 Å². The van der Waals surface area contributed by atoms with Crippen LogP contribution in [-0.2, 0) is 4.79 Å². The molecule has 0 aromatic carbocycles. The fourth-order valence-corrected chi connectivity index (χ4v) is 3.82. The molecule has 4 rings (SSSR count). The second kappa shape index (κ2) is 6.56. The van der Waals surface area contributed by atoms with Gasteiger partial charge in [-0.1, -0.05) is 17.7 Å². The van der Waals surface area contributed by atoms with Crippen LogP contribution in [0.5, 0.6) is 0 Å². The van der Waals surface area contributed by atoms with Gasteiger partial charge in [0.1, 0.15) is 17.6 Å². The molecule has 1 N–H and O–H groups in total. The molecule has 0 amide bonds. The summed E-state index contributed by atoms with van der Waals surface area (Å²) < 4.78 is 13.5. The van der Waals surface area contributed by atoms with Crippen molar-refractivity contribution < 1.29 is 9.18 Å². The van der Waals surface area contributed by atoms with Crippen LogP contribution in [0.15, 0.2) is 63.2 Å². The highest BCUT2D eigenvalue weighted by atomic mass is 35.5. The summed E-state index contributed by atoms with van der Waals surface area (Å²) in [4.78, 5) is 21.7. The van der Waals surface area contributed by atoms with E-state index < -0.39 is 6.04 Å². The Labute approximate surface area is 150 Å². The number of hydrogen-bond donors (Lipinski definition) is 1. The molecule has 0 saturated heterocycles. The van der Waals surface area contributed by atoms with Crippen molar-refractivity contribution in [1.29, 1.82) is 0 Å². The van der Waals surface area contributed by atoms with E-state index in [4.69, 9.17) is 16.6 Å². The van der Waals surface area contributed by atoms with E-state index in [1.165, 1.54) is 6.08 Å². The minimum absolute atomic E-state index is 0.0922. The molecule has 0 fully saturated rings. The number of pyridine rings is 1. The van der Waals surface area contributed by atoms with Gasteiger partial charge in [-0.15, -0.1) is 0 Å². The van der Waals surface area contributed by atoms with Crippen molar-refractivity contribution in [1.82, 2.24) is 10.3 Å². The number of ketones is 1. The number of nitrogens with one attached hydrogen (secondary N) is 1. The topological polar surface area (TPSA) is 54.4 Å². The van der Waals surface area contributed by atoms with E-state index in [1.807, 2.05) is 18.2 Å². The summed E-state index contributed by atoms with van der Waals surface area (Å²) >= 11 is 6.31. The molecule has 1 aromatic heterocycles. The molecular formula is C19H17ClFN3O. The third-order valence-corrected chi connectivity index (χ3v) is 5.07. The maximum atomic E-state index is 13.5. The minimum Gasteiger partial charge on any atom is -0.342 e. The molecule has 1 aliphatic heterocycles. The van der Waals surface area contributed by atoms with Gasteiger partial charge in [0.2, 0.25) is 0 Å². The Kier molecular flexibility index (Phi) is 4.25. The van der Waals surface area contributed by atoms with Crippen LogP contribution in [0.1, 0.15) is 37.8 Å². The summed E-state index contributed by atoms with van der Waals surface area (Å²) in [7, 11) is 0. The first-order chi connectivity index (χ1) is 12.1. The van der Waals surface area contributed by atoms with E-state index in [0.29, 0.717) is 41.4 Å². The van der Waals surface area contributed by atoms with Gasteiger partial charge in [0.25, 0.3) is 0 Å². The van der Waals surface area contributed by atoms with Gasteiger partial charge in [-0.05, 0) is 43.0 Å². The number of Topliss-reactive ketones (excluding diaryl/α,β-unsaturated/α-hetero) is 1. The summed E-state index contributed by atoms with van der Waals surface area (Å²) in [6, 6.07) is 5.14. The molecule has 4 nitrogen and oxygen atoms in total. The van der Waals surface area contributed by atoms with E-state index >= 15 is 0 Å². The van der Waals surface area contributed by atoms with Crippen LogP contribution in [-0.4, -0.2) is 22.6 Å². The van der Waals surface area contributed by atoms with E-state index in [2.05, 4.69) is 10.3 Å². The van der Waals surface area contributed by atoms with E-state index in [9.17, 15) is 9.18 Å². The second-order valence-corrected chi connectivity index (χ2v) is 6.76. The average Bonchev–Trinajstić information content (AvgIpc) is 2.62. The van der Waals surface area contributed by atoms with Gasteiger partial charge < -0.3 is 5.32 Å². The van der Waals surface area contributed by atoms with Crippen molar-refractivity contribution >= 4 is 23.2 Å². The number of rotatable bonds is 2. The number of aliphatic imine (C=N–C) groups is 1. The zero-order chi connectivity index (χ0) is 17.4. The number of carbonyl (C=O) groups excluding carboxylic acids is 1. The van der Waals surface area contributed by atoms with Crippen molar-refractivity contribution in [2.24, 2.45) is 4.99 Å². The van der Waals surface area contributed by atoms with Gasteiger partial charge in [-0.3, -0.25) is 14.8 Å². The molecule has 0 radical (unpaired) electrons. The minimum atomic E-state index is -0.460. The molecule has 0 spiro atoms. The van der Waals surface area contributed by atoms with Crippen LogP contribution >= 0.6 is 11.6 Å². The van der Waals surface area contributed by atoms with Crippen molar-refractivity contribution in [2.45, 2.75) is 38.1 Å². The number of nitrogens with zero attached hydrogens (tertiary/aromatic N) is 2. The SMILES string of the molecule is O=C1CCCC2=C1C(C1=C(Cl)C=C(F)CC1)N=C(c1ccccn1)N2. The largest absolute Gasteiger partial charge is 0.342 e. The molecule has 0 bridgehead atoms. The zero-order valence-corrected chi connectivity index (χ0v) is 14.3. The van der Waals surface area contributed by atoms with E-state index in [1.54, 1.807) is 6.20 Å².